The quantitative estimate of drug-likeness (QED) is 0.861. The van der Waals surface area contributed by atoms with Crippen molar-refractivity contribution in [1.82, 2.24) is 9.80 Å². The van der Waals surface area contributed by atoms with E-state index in [1.807, 2.05) is 23.6 Å². The fourth-order valence-corrected chi connectivity index (χ4v) is 2.68. The van der Waals surface area contributed by atoms with Gasteiger partial charge in [-0.2, -0.15) is 0 Å². The number of nitrogens with zero attached hydrogens (tertiary/aromatic N) is 2. The molecule has 0 atom stereocenters. The zero-order valence-electron chi connectivity index (χ0n) is 12.8. The summed E-state index contributed by atoms with van der Waals surface area (Å²) in [5.74, 6) is -0.0706. The molecule has 0 bridgehead atoms. The Morgan fingerprint density at radius 2 is 1.85 bits per heavy atom. The first kappa shape index (κ1) is 15.1. The van der Waals surface area contributed by atoms with Crippen LogP contribution in [-0.2, 0) is 4.79 Å². The van der Waals surface area contributed by atoms with E-state index in [9.17, 15) is 14.7 Å². The molecule has 1 saturated carbocycles. The Kier molecular flexibility index (Phi) is 4.25. The fraction of sp³-hybridized carbons (Fsp3) is 0.867. The molecular weight excluding hydrogens is 256 g/mol. The van der Waals surface area contributed by atoms with Crippen molar-refractivity contribution in [2.45, 2.75) is 52.5 Å². The standard InChI is InChI=1S/C15H26N2O3/c1-11(2)17(10-12-4-5-12)14(20)16-8-6-15(3,7-9-16)13(18)19/h11-12H,4-10H2,1-3H3,(H,18,19). The van der Waals surface area contributed by atoms with Crippen LogP contribution in [0.3, 0.4) is 0 Å². The maximum atomic E-state index is 12.6. The lowest BCUT2D eigenvalue weighted by Gasteiger charge is -2.40. The second-order valence-corrected chi connectivity index (χ2v) is 6.82. The van der Waals surface area contributed by atoms with Crippen molar-refractivity contribution >= 4 is 12.0 Å². The number of urea groups is 1. The Balaban J connectivity index is 1.94. The Labute approximate surface area is 120 Å². The number of piperidine rings is 1. The maximum absolute atomic E-state index is 12.6. The van der Waals surface area contributed by atoms with E-state index in [1.165, 1.54) is 12.8 Å². The molecule has 2 rings (SSSR count). The monoisotopic (exact) mass is 282 g/mol. The van der Waals surface area contributed by atoms with Crippen LogP contribution in [0.4, 0.5) is 4.79 Å². The predicted octanol–water partition coefficient (Wildman–Crippen LogP) is 2.41. The number of carbonyl (C=O) groups is 2. The first-order valence-corrected chi connectivity index (χ1v) is 7.62. The van der Waals surface area contributed by atoms with Crippen LogP contribution in [0.15, 0.2) is 0 Å². The van der Waals surface area contributed by atoms with E-state index in [4.69, 9.17) is 0 Å². The van der Waals surface area contributed by atoms with Crippen LogP contribution in [0.1, 0.15) is 46.5 Å². The Hall–Kier alpha value is -1.26. The lowest BCUT2D eigenvalue weighted by atomic mass is 9.80. The van der Waals surface area contributed by atoms with Crippen molar-refractivity contribution in [2.24, 2.45) is 11.3 Å². The largest absolute Gasteiger partial charge is 0.481 e. The molecule has 20 heavy (non-hydrogen) atoms. The molecule has 0 radical (unpaired) electrons. The van der Waals surface area contributed by atoms with Crippen LogP contribution in [-0.4, -0.2) is 52.6 Å². The SMILES string of the molecule is CC(C)N(CC1CC1)C(=O)N1CCC(C)(C(=O)O)CC1. The summed E-state index contributed by atoms with van der Waals surface area (Å²) in [6.07, 6.45) is 3.55. The number of amides is 2. The molecule has 0 aromatic carbocycles. The molecule has 1 aliphatic heterocycles. The minimum absolute atomic E-state index is 0.0827. The first-order chi connectivity index (χ1) is 9.33. The minimum atomic E-state index is -0.747. The molecule has 0 unspecified atom stereocenters. The highest BCUT2D eigenvalue weighted by molar-refractivity contribution is 5.77. The molecule has 1 aliphatic carbocycles. The molecule has 0 aromatic rings. The van der Waals surface area contributed by atoms with Gasteiger partial charge in [0.05, 0.1) is 5.41 Å². The average molecular weight is 282 g/mol. The molecule has 5 heteroatoms. The molecule has 114 valence electrons. The topological polar surface area (TPSA) is 60.9 Å². The van der Waals surface area contributed by atoms with Crippen molar-refractivity contribution in [3.8, 4) is 0 Å². The Bertz CT molecular complexity index is 383. The zero-order chi connectivity index (χ0) is 14.9. The van der Waals surface area contributed by atoms with Gasteiger partial charge in [-0.25, -0.2) is 4.79 Å². The van der Waals surface area contributed by atoms with Crippen LogP contribution in [0.5, 0.6) is 0 Å². The van der Waals surface area contributed by atoms with Gasteiger partial charge >= 0.3 is 12.0 Å². The van der Waals surface area contributed by atoms with E-state index in [0.717, 1.165) is 6.54 Å². The predicted molar refractivity (Wildman–Crippen MR) is 76.5 cm³/mol. The summed E-state index contributed by atoms with van der Waals surface area (Å²) in [5, 5.41) is 9.23. The van der Waals surface area contributed by atoms with Crippen molar-refractivity contribution in [3.63, 3.8) is 0 Å². The molecule has 2 aliphatic rings. The van der Waals surface area contributed by atoms with Crippen LogP contribution >= 0.6 is 0 Å². The third-order valence-electron chi connectivity index (χ3n) is 4.67. The second kappa shape index (κ2) is 5.62. The smallest absolute Gasteiger partial charge is 0.320 e. The molecule has 1 saturated heterocycles. The summed E-state index contributed by atoms with van der Waals surface area (Å²) in [6.45, 7) is 7.83. The van der Waals surface area contributed by atoms with Gasteiger partial charge in [0.25, 0.3) is 0 Å². The summed E-state index contributed by atoms with van der Waals surface area (Å²) in [7, 11) is 0. The normalized spacial score (nSPS) is 21.9. The van der Waals surface area contributed by atoms with Crippen LogP contribution < -0.4 is 0 Å². The van der Waals surface area contributed by atoms with E-state index in [2.05, 4.69) is 0 Å². The highest BCUT2D eigenvalue weighted by atomic mass is 16.4. The number of aliphatic carboxylic acids is 1. The third kappa shape index (κ3) is 3.25. The lowest BCUT2D eigenvalue weighted by molar-refractivity contribution is -0.150. The number of rotatable bonds is 4. The molecule has 2 fully saturated rings. The van der Waals surface area contributed by atoms with Crippen molar-refractivity contribution in [2.75, 3.05) is 19.6 Å². The van der Waals surface area contributed by atoms with Gasteiger partial charge in [-0.05, 0) is 52.4 Å². The van der Waals surface area contributed by atoms with Gasteiger partial charge < -0.3 is 14.9 Å². The third-order valence-corrected chi connectivity index (χ3v) is 4.67. The summed E-state index contributed by atoms with van der Waals surface area (Å²) < 4.78 is 0. The van der Waals surface area contributed by atoms with Gasteiger partial charge in [-0.3, -0.25) is 4.79 Å². The first-order valence-electron chi connectivity index (χ1n) is 7.62. The van der Waals surface area contributed by atoms with E-state index in [0.29, 0.717) is 31.8 Å². The van der Waals surface area contributed by atoms with E-state index >= 15 is 0 Å². The van der Waals surface area contributed by atoms with Gasteiger partial charge in [0.1, 0.15) is 0 Å². The molecule has 1 N–H and O–H groups in total. The highest BCUT2D eigenvalue weighted by Crippen LogP contribution is 2.33. The molecule has 2 amide bonds. The molecule has 0 spiro atoms. The minimum Gasteiger partial charge on any atom is -0.481 e. The van der Waals surface area contributed by atoms with E-state index < -0.39 is 11.4 Å². The van der Waals surface area contributed by atoms with E-state index in [1.54, 1.807) is 6.92 Å². The fourth-order valence-electron chi connectivity index (χ4n) is 2.68. The van der Waals surface area contributed by atoms with Crippen molar-refractivity contribution in [3.05, 3.63) is 0 Å². The Morgan fingerprint density at radius 1 is 1.30 bits per heavy atom. The number of hydrogen-bond acceptors (Lipinski definition) is 2. The second-order valence-electron chi connectivity index (χ2n) is 6.82. The Morgan fingerprint density at radius 3 is 2.25 bits per heavy atom. The molecule has 1 heterocycles. The summed E-state index contributed by atoms with van der Waals surface area (Å²) >= 11 is 0. The van der Waals surface area contributed by atoms with Crippen LogP contribution in [0.25, 0.3) is 0 Å². The van der Waals surface area contributed by atoms with Gasteiger partial charge in [-0.15, -0.1) is 0 Å². The van der Waals surface area contributed by atoms with Gasteiger partial charge in [0.15, 0.2) is 0 Å². The van der Waals surface area contributed by atoms with Crippen molar-refractivity contribution in [1.29, 1.82) is 0 Å². The number of carboxylic acid groups (broad SMARTS) is 1. The van der Waals surface area contributed by atoms with Gasteiger partial charge in [-0.1, -0.05) is 0 Å². The molecule has 0 aromatic heterocycles. The van der Waals surface area contributed by atoms with Crippen LogP contribution in [0.2, 0.25) is 0 Å². The number of hydrogen-bond donors (Lipinski definition) is 1. The van der Waals surface area contributed by atoms with Gasteiger partial charge in [0.2, 0.25) is 0 Å². The van der Waals surface area contributed by atoms with Crippen LogP contribution in [0, 0.1) is 11.3 Å². The lowest BCUT2D eigenvalue weighted by Crippen LogP contribution is -2.52. The zero-order valence-corrected chi connectivity index (χ0v) is 12.8. The maximum Gasteiger partial charge on any atom is 0.320 e. The van der Waals surface area contributed by atoms with Crippen molar-refractivity contribution < 1.29 is 14.7 Å². The summed E-state index contributed by atoms with van der Waals surface area (Å²) in [4.78, 5) is 27.6. The summed E-state index contributed by atoms with van der Waals surface area (Å²) in [5.41, 5.74) is -0.671. The summed E-state index contributed by atoms with van der Waals surface area (Å²) in [6, 6.07) is 0.287. The molecular formula is C15H26N2O3. The number of carbonyl (C=O) groups excluding carboxylic acids is 1. The highest BCUT2D eigenvalue weighted by Gasteiger charge is 2.39. The van der Waals surface area contributed by atoms with E-state index in [-0.39, 0.29) is 12.1 Å². The molecule has 5 nitrogen and oxygen atoms in total. The number of likely N-dealkylation sites (tertiary alicyclic amines) is 1. The number of carboxylic acids is 1. The van der Waals surface area contributed by atoms with Gasteiger partial charge in [0, 0.05) is 25.7 Å². The average Bonchev–Trinajstić information content (AvgIpc) is 3.19.